The maximum atomic E-state index is 12.1. The van der Waals surface area contributed by atoms with Gasteiger partial charge in [0.05, 0.1) is 11.1 Å². The van der Waals surface area contributed by atoms with E-state index >= 15 is 0 Å². The first kappa shape index (κ1) is 17.9. The van der Waals surface area contributed by atoms with E-state index in [9.17, 15) is 14.4 Å². The van der Waals surface area contributed by atoms with Gasteiger partial charge < -0.3 is 15.8 Å². The number of halogens is 1. The largest absolute Gasteiger partial charge is 0.452 e. The lowest BCUT2D eigenvalue weighted by Crippen LogP contribution is -2.23. The molecule has 2 amide bonds. The zero-order valence-electron chi connectivity index (χ0n) is 13.1. The van der Waals surface area contributed by atoms with Crippen molar-refractivity contribution in [2.24, 2.45) is 5.73 Å². The lowest BCUT2D eigenvalue weighted by molar-refractivity contribution is -0.119. The molecule has 0 atom stereocenters. The van der Waals surface area contributed by atoms with Crippen LogP contribution in [0.1, 0.15) is 37.6 Å². The SMILES string of the molecule is NC(=O)c1c(NC(=O)COC(=O)c2ccccc2I)sc2c1CCC2. The maximum absolute atomic E-state index is 12.1. The molecule has 1 aromatic carbocycles. The molecule has 8 heteroatoms. The fourth-order valence-corrected chi connectivity index (χ4v) is 4.67. The van der Waals surface area contributed by atoms with Crippen molar-refractivity contribution in [3.63, 3.8) is 0 Å². The average molecular weight is 470 g/mol. The molecule has 0 aliphatic heterocycles. The molecule has 0 bridgehead atoms. The summed E-state index contributed by atoms with van der Waals surface area (Å²) in [6.07, 6.45) is 2.67. The summed E-state index contributed by atoms with van der Waals surface area (Å²) < 4.78 is 5.80. The second kappa shape index (κ2) is 7.52. The van der Waals surface area contributed by atoms with Gasteiger partial charge >= 0.3 is 5.97 Å². The molecule has 25 heavy (non-hydrogen) atoms. The summed E-state index contributed by atoms with van der Waals surface area (Å²) in [4.78, 5) is 36.9. The van der Waals surface area contributed by atoms with Gasteiger partial charge in [0.25, 0.3) is 11.8 Å². The van der Waals surface area contributed by atoms with Crippen LogP contribution in [0.15, 0.2) is 24.3 Å². The molecule has 0 fully saturated rings. The number of aryl methyl sites for hydroxylation is 1. The van der Waals surface area contributed by atoms with Crippen molar-refractivity contribution in [3.8, 4) is 0 Å². The van der Waals surface area contributed by atoms with E-state index < -0.39 is 24.4 Å². The van der Waals surface area contributed by atoms with E-state index in [1.54, 1.807) is 18.2 Å². The molecule has 130 valence electrons. The van der Waals surface area contributed by atoms with Crippen molar-refractivity contribution in [1.29, 1.82) is 0 Å². The summed E-state index contributed by atoms with van der Waals surface area (Å²) >= 11 is 3.39. The van der Waals surface area contributed by atoms with Crippen LogP contribution in [0.3, 0.4) is 0 Å². The molecular weight excluding hydrogens is 455 g/mol. The Balaban J connectivity index is 1.65. The van der Waals surface area contributed by atoms with Gasteiger partial charge in [0, 0.05) is 8.45 Å². The van der Waals surface area contributed by atoms with Crippen LogP contribution >= 0.6 is 33.9 Å². The fourth-order valence-electron chi connectivity index (χ4n) is 2.75. The molecule has 0 unspecified atom stereocenters. The number of fused-ring (bicyclic) bond motifs is 1. The summed E-state index contributed by atoms with van der Waals surface area (Å²) in [7, 11) is 0. The highest BCUT2D eigenvalue weighted by Crippen LogP contribution is 2.38. The van der Waals surface area contributed by atoms with Crippen molar-refractivity contribution < 1.29 is 19.1 Å². The van der Waals surface area contributed by atoms with Crippen molar-refractivity contribution in [2.45, 2.75) is 19.3 Å². The van der Waals surface area contributed by atoms with Gasteiger partial charge in [-0.1, -0.05) is 12.1 Å². The van der Waals surface area contributed by atoms with Crippen LogP contribution in [0.5, 0.6) is 0 Å². The topological polar surface area (TPSA) is 98.5 Å². The van der Waals surface area contributed by atoms with Crippen LogP contribution in [0.4, 0.5) is 5.00 Å². The highest BCUT2D eigenvalue weighted by atomic mass is 127. The Morgan fingerprint density at radius 1 is 1.24 bits per heavy atom. The quantitative estimate of drug-likeness (QED) is 0.519. The number of nitrogens with two attached hydrogens (primary N) is 1. The van der Waals surface area contributed by atoms with Crippen molar-refractivity contribution in [1.82, 2.24) is 0 Å². The molecule has 6 nitrogen and oxygen atoms in total. The van der Waals surface area contributed by atoms with E-state index in [-0.39, 0.29) is 0 Å². The maximum Gasteiger partial charge on any atom is 0.339 e. The number of carbonyl (C=O) groups excluding carboxylic acids is 3. The summed E-state index contributed by atoms with van der Waals surface area (Å²) in [6.45, 7) is -0.426. The summed E-state index contributed by atoms with van der Waals surface area (Å²) in [5.41, 5.74) is 7.18. The van der Waals surface area contributed by atoms with Gasteiger partial charge in [-0.2, -0.15) is 0 Å². The number of benzene rings is 1. The lowest BCUT2D eigenvalue weighted by Gasteiger charge is -2.08. The number of amides is 2. The first-order valence-electron chi connectivity index (χ1n) is 7.63. The lowest BCUT2D eigenvalue weighted by atomic mass is 10.1. The minimum Gasteiger partial charge on any atom is -0.452 e. The standard InChI is InChI=1S/C17H15IN2O4S/c18-11-6-2-1-4-9(11)17(23)24-8-13(21)20-16-14(15(19)22)10-5-3-7-12(10)25-16/h1-2,4,6H,3,5,7-8H2,(H2,19,22)(H,20,21). The normalized spacial score (nSPS) is 12.5. The van der Waals surface area contributed by atoms with Gasteiger partial charge in [-0.25, -0.2) is 4.79 Å². The minimum atomic E-state index is -0.566. The average Bonchev–Trinajstić information content (AvgIpc) is 3.13. The smallest absolute Gasteiger partial charge is 0.339 e. The number of primary amides is 1. The van der Waals surface area contributed by atoms with Crippen LogP contribution in [0, 0.1) is 3.57 Å². The van der Waals surface area contributed by atoms with Crippen LogP contribution in [-0.4, -0.2) is 24.4 Å². The van der Waals surface area contributed by atoms with Crippen LogP contribution < -0.4 is 11.1 Å². The highest BCUT2D eigenvalue weighted by Gasteiger charge is 2.26. The monoisotopic (exact) mass is 470 g/mol. The third-order valence-corrected chi connectivity index (χ3v) is 6.00. The van der Waals surface area contributed by atoms with Crippen LogP contribution in [0.2, 0.25) is 0 Å². The highest BCUT2D eigenvalue weighted by molar-refractivity contribution is 14.1. The second-order valence-electron chi connectivity index (χ2n) is 5.53. The summed E-state index contributed by atoms with van der Waals surface area (Å²) in [6, 6.07) is 6.96. The molecule has 2 aromatic rings. The number of nitrogens with one attached hydrogen (secondary N) is 1. The third-order valence-electron chi connectivity index (χ3n) is 3.85. The van der Waals surface area contributed by atoms with Gasteiger partial charge in [-0.3, -0.25) is 9.59 Å². The van der Waals surface area contributed by atoms with Crippen LogP contribution in [-0.2, 0) is 22.4 Å². The number of esters is 1. The number of thiophene rings is 1. The Kier molecular flexibility index (Phi) is 5.38. The summed E-state index contributed by atoms with van der Waals surface area (Å²) in [5.74, 6) is -1.61. The third kappa shape index (κ3) is 3.84. The molecule has 3 rings (SSSR count). The first-order chi connectivity index (χ1) is 12.0. The Morgan fingerprint density at radius 2 is 2.00 bits per heavy atom. The van der Waals surface area contributed by atoms with Gasteiger partial charge in [-0.05, 0) is 59.5 Å². The van der Waals surface area contributed by atoms with E-state index in [0.717, 1.165) is 33.3 Å². The minimum absolute atomic E-state index is 0.384. The first-order valence-corrected chi connectivity index (χ1v) is 9.52. The Labute approximate surface area is 161 Å². The fraction of sp³-hybridized carbons (Fsp3) is 0.235. The molecule has 1 aliphatic rings. The number of ether oxygens (including phenoxy) is 1. The zero-order valence-corrected chi connectivity index (χ0v) is 16.1. The predicted molar refractivity (Wildman–Crippen MR) is 103 cm³/mol. The zero-order chi connectivity index (χ0) is 18.0. The van der Waals surface area contributed by atoms with Gasteiger partial charge in [0.1, 0.15) is 5.00 Å². The van der Waals surface area contributed by atoms with E-state index in [4.69, 9.17) is 10.5 Å². The van der Waals surface area contributed by atoms with Crippen molar-refractivity contribution in [3.05, 3.63) is 49.4 Å². The summed E-state index contributed by atoms with van der Waals surface area (Å²) in [5, 5.41) is 3.08. The van der Waals surface area contributed by atoms with Crippen LogP contribution in [0.25, 0.3) is 0 Å². The number of anilines is 1. The van der Waals surface area contributed by atoms with E-state index in [1.807, 2.05) is 28.7 Å². The van der Waals surface area contributed by atoms with E-state index in [0.29, 0.717) is 16.1 Å². The predicted octanol–water partition coefficient (Wildman–Crippen LogP) is 2.74. The number of rotatable bonds is 5. The van der Waals surface area contributed by atoms with Crippen molar-refractivity contribution >= 4 is 56.7 Å². The van der Waals surface area contributed by atoms with Gasteiger partial charge in [0.2, 0.25) is 0 Å². The molecule has 1 heterocycles. The molecule has 3 N–H and O–H groups in total. The Bertz CT molecular complexity index is 862. The molecular formula is C17H15IN2O4S. The molecule has 0 spiro atoms. The van der Waals surface area contributed by atoms with Crippen molar-refractivity contribution in [2.75, 3.05) is 11.9 Å². The second-order valence-corrected chi connectivity index (χ2v) is 7.80. The van der Waals surface area contributed by atoms with Gasteiger partial charge in [-0.15, -0.1) is 11.3 Å². The molecule has 0 radical (unpaired) electrons. The molecule has 1 aromatic heterocycles. The van der Waals surface area contributed by atoms with E-state index in [2.05, 4.69) is 5.32 Å². The molecule has 0 saturated carbocycles. The van der Waals surface area contributed by atoms with Gasteiger partial charge in [0.15, 0.2) is 6.61 Å². The number of hydrogen-bond donors (Lipinski definition) is 2. The Morgan fingerprint density at radius 3 is 2.72 bits per heavy atom. The Hall–Kier alpha value is -1.94. The van der Waals surface area contributed by atoms with E-state index in [1.165, 1.54) is 11.3 Å². The number of carbonyl (C=O) groups is 3. The molecule has 1 aliphatic carbocycles. The molecule has 0 saturated heterocycles. The number of hydrogen-bond acceptors (Lipinski definition) is 5.